The van der Waals surface area contributed by atoms with E-state index in [1.54, 1.807) is 6.08 Å². The molecule has 1 saturated heterocycles. The Morgan fingerprint density at radius 1 is 1.41 bits per heavy atom. The van der Waals surface area contributed by atoms with Gasteiger partial charge in [-0.25, -0.2) is 4.99 Å². The standard InChI is InChI=1S/C21H28N2O4/c1-3-11-21(20(25)23-12-4-5-13-23)16(2)27-19(22-21)17-7-9-18(10-8-17)26-15-6-14-24/h3,7-10,16,24H,1,4-6,11-15H2,2H3/t16-,21-/m1/s1. The SMILES string of the molecule is C=CC[C@@]1(C(=O)N2CCCC2)N=C(c2ccc(OCCCO)cc2)O[C@@H]1C. The van der Waals surface area contributed by atoms with E-state index in [1.807, 2.05) is 36.1 Å². The molecule has 1 fully saturated rings. The van der Waals surface area contributed by atoms with Gasteiger partial charge >= 0.3 is 0 Å². The normalized spacial score (nSPS) is 24.4. The van der Waals surface area contributed by atoms with Crippen molar-refractivity contribution in [2.75, 3.05) is 26.3 Å². The van der Waals surface area contributed by atoms with Crippen LogP contribution in [0.25, 0.3) is 0 Å². The molecule has 1 N–H and O–H groups in total. The van der Waals surface area contributed by atoms with Crippen LogP contribution in [-0.2, 0) is 9.53 Å². The summed E-state index contributed by atoms with van der Waals surface area (Å²) in [6.45, 7) is 7.88. The van der Waals surface area contributed by atoms with E-state index in [2.05, 4.69) is 6.58 Å². The molecule has 6 heteroatoms. The maximum atomic E-state index is 13.2. The topological polar surface area (TPSA) is 71.4 Å². The van der Waals surface area contributed by atoms with E-state index < -0.39 is 5.54 Å². The van der Waals surface area contributed by atoms with E-state index in [9.17, 15) is 4.79 Å². The summed E-state index contributed by atoms with van der Waals surface area (Å²) in [7, 11) is 0. The van der Waals surface area contributed by atoms with E-state index in [0.717, 1.165) is 37.2 Å². The first-order chi connectivity index (χ1) is 13.1. The van der Waals surface area contributed by atoms with Crippen molar-refractivity contribution in [3.8, 4) is 5.75 Å². The minimum atomic E-state index is -0.933. The lowest BCUT2D eigenvalue weighted by molar-refractivity contribution is -0.138. The van der Waals surface area contributed by atoms with E-state index in [1.165, 1.54) is 0 Å². The molecule has 0 unspecified atom stereocenters. The first kappa shape index (κ1) is 19.4. The molecule has 0 radical (unpaired) electrons. The average molecular weight is 372 g/mol. The summed E-state index contributed by atoms with van der Waals surface area (Å²) in [5, 5.41) is 8.82. The number of carbonyl (C=O) groups is 1. The Labute approximate surface area is 160 Å². The van der Waals surface area contributed by atoms with Gasteiger partial charge in [0.1, 0.15) is 11.9 Å². The van der Waals surface area contributed by atoms with Crippen molar-refractivity contribution in [2.45, 2.75) is 44.2 Å². The van der Waals surface area contributed by atoms with Crippen LogP contribution in [-0.4, -0.2) is 59.8 Å². The predicted molar refractivity (Wildman–Crippen MR) is 104 cm³/mol. The van der Waals surface area contributed by atoms with E-state index in [0.29, 0.717) is 25.3 Å². The van der Waals surface area contributed by atoms with Gasteiger partial charge in [-0.1, -0.05) is 6.08 Å². The van der Waals surface area contributed by atoms with Crippen molar-refractivity contribution >= 4 is 11.8 Å². The monoisotopic (exact) mass is 372 g/mol. The molecule has 2 heterocycles. The van der Waals surface area contributed by atoms with Crippen LogP contribution >= 0.6 is 0 Å². The molecule has 146 valence electrons. The third kappa shape index (κ3) is 4.00. The van der Waals surface area contributed by atoms with E-state index >= 15 is 0 Å². The summed E-state index contributed by atoms with van der Waals surface area (Å²) in [4.78, 5) is 19.9. The van der Waals surface area contributed by atoms with Crippen molar-refractivity contribution in [3.05, 3.63) is 42.5 Å². The van der Waals surface area contributed by atoms with Gasteiger partial charge in [0, 0.05) is 38.1 Å². The van der Waals surface area contributed by atoms with Gasteiger partial charge in [-0.05, 0) is 44.0 Å². The number of likely N-dealkylation sites (tertiary alicyclic amines) is 1. The smallest absolute Gasteiger partial charge is 0.254 e. The fourth-order valence-electron chi connectivity index (χ4n) is 3.58. The van der Waals surface area contributed by atoms with Crippen LogP contribution in [0.1, 0.15) is 38.2 Å². The lowest BCUT2D eigenvalue weighted by Crippen LogP contribution is -2.51. The minimum Gasteiger partial charge on any atom is -0.494 e. The van der Waals surface area contributed by atoms with Gasteiger partial charge < -0.3 is 19.5 Å². The number of hydrogen-bond acceptors (Lipinski definition) is 5. The molecular weight excluding hydrogens is 344 g/mol. The second kappa shape index (κ2) is 8.57. The third-order valence-electron chi connectivity index (χ3n) is 5.15. The molecule has 1 amide bonds. The van der Waals surface area contributed by atoms with Crippen molar-refractivity contribution in [1.29, 1.82) is 0 Å². The van der Waals surface area contributed by atoms with Gasteiger partial charge in [0.15, 0.2) is 5.54 Å². The summed E-state index contributed by atoms with van der Waals surface area (Å²) in [5.41, 5.74) is -0.117. The number of rotatable bonds is 8. The van der Waals surface area contributed by atoms with Gasteiger partial charge in [0.25, 0.3) is 5.91 Å². The number of aliphatic hydroxyl groups is 1. The number of amides is 1. The quantitative estimate of drug-likeness (QED) is 0.562. The zero-order chi connectivity index (χ0) is 19.3. The minimum absolute atomic E-state index is 0.0337. The molecule has 2 aliphatic heterocycles. The Morgan fingerprint density at radius 3 is 2.74 bits per heavy atom. The molecule has 6 nitrogen and oxygen atoms in total. The first-order valence-corrected chi connectivity index (χ1v) is 9.61. The van der Waals surface area contributed by atoms with Crippen LogP contribution in [0.4, 0.5) is 0 Å². The van der Waals surface area contributed by atoms with Crippen LogP contribution in [0.5, 0.6) is 5.75 Å². The Morgan fingerprint density at radius 2 is 2.11 bits per heavy atom. The number of ether oxygens (including phenoxy) is 2. The van der Waals surface area contributed by atoms with Gasteiger partial charge in [-0.15, -0.1) is 6.58 Å². The second-order valence-corrected chi connectivity index (χ2v) is 7.04. The highest BCUT2D eigenvalue weighted by Crippen LogP contribution is 2.35. The number of carbonyl (C=O) groups excluding carboxylic acids is 1. The highest BCUT2D eigenvalue weighted by molar-refractivity contribution is 6.00. The van der Waals surface area contributed by atoms with Crippen LogP contribution in [0.15, 0.2) is 41.9 Å². The van der Waals surface area contributed by atoms with Gasteiger partial charge in [0.2, 0.25) is 5.90 Å². The summed E-state index contributed by atoms with van der Waals surface area (Å²) in [6.07, 6.45) is 4.53. The largest absolute Gasteiger partial charge is 0.494 e. The lowest BCUT2D eigenvalue weighted by Gasteiger charge is -2.31. The average Bonchev–Trinajstić information content (AvgIpc) is 3.32. The molecule has 27 heavy (non-hydrogen) atoms. The Kier molecular flexibility index (Phi) is 6.16. The van der Waals surface area contributed by atoms with Gasteiger partial charge in [-0.3, -0.25) is 4.79 Å². The van der Waals surface area contributed by atoms with Gasteiger partial charge in [0.05, 0.1) is 6.61 Å². The summed E-state index contributed by atoms with van der Waals surface area (Å²) < 4.78 is 11.6. The second-order valence-electron chi connectivity index (χ2n) is 7.04. The zero-order valence-corrected chi connectivity index (χ0v) is 15.9. The van der Waals surface area contributed by atoms with Crippen LogP contribution in [0.2, 0.25) is 0 Å². The number of benzene rings is 1. The summed E-state index contributed by atoms with van der Waals surface area (Å²) in [6, 6.07) is 7.45. The highest BCUT2D eigenvalue weighted by atomic mass is 16.5. The summed E-state index contributed by atoms with van der Waals surface area (Å²) in [5.74, 6) is 1.24. The molecule has 0 saturated carbocycles. The highest BCUT2D eigenvalue weighted by Gasteiger charge is 2.51. The van der Waals surface area contributed by atoms with E-state index in [-0.39, 0.29) is 18.6 Å². The van der Waals surface area contributed by atoms with Crippen molar-refractivity contribution in [2.24, 2.45) is 4.99 Å². The number of aliphatic hydroxyl groups excluding tert-OH is 1. The molecule has 2 aliphatic rings. The van der Waals surface area contributed by atoms with E-state index in [4.69, 9.17) is 19.6 Å². The third-order valence-corrected chi connectivity index (χ3v) is 5.15. The maximum Gasteiger partial charge on any atom is 0.254 e. The molecular formula is C21H28N2O4. The number of nitrogens with zero attached hydrogens (tertiary/aromatic N) is 2. The van der Waals surface area contributed by atoms with Crippen molar-refractivity contribution in [3.63, 3.8) is 0 Å². The fourth-order valence-corrected chi connectivity index (χ4v) is 3.58. The molecule has 0 aromatic heterocycles. The van der Waals surface area contributed by atoms with Crippen molar-refractivity contribution < 1.29 is 19.4 Å². The molecule has 0 aliphatic carbocycles. The Bertz CT molecular complexity index is 695. The van der Waals surface area contributed by atoms with Crippen molar-refractivity contribution in [1.82, 2.24) is 4.90 Å². The zero-order valence-electron chi connectivity index (χ0n) is 15.9. The Balaban J connectivity index is 1.81. The summed E-state index contributed by atoms with van der Waals surface area (Å²) >= 11 is 0. The first-order valence-electron chi connectivity index (χ1n) is 9.61. The number of aliphatic imine (C=N–C) groups is 1. The molecule has 1 aromatic rings. The van der Waals surface area contributed by atoms with Crippen LogP contribution < -0.4 is 4.74 Å². The van der Waals surface area contributed by atoms with Crippen LogP contribution in [0.3, 0.4) is 0 Å². The maximum absolute atomic E-state index is 13.2. The fraction of sp³-hybridized carbons (Fsp3) is 0.524. The van der Waals surface area contributed by atoms with Gasteiger partial charge in [-0.2, -0.15) is 0 Å². The number of hydrogen-bond donors (Lipinski definition) is 1. The van der Waals surface area contributed by atoms with Crippen LogP contribution in [0, 0.1) is 0 Å². The predicted octanol–water partition coefficient (Wildman–Crippen LogP) is 2.55. The lowest BCUT2D eigenvalue weighted by atomic mass is 9.89. The molecule has 3 rings (SSSR count). The molecule has 1 aromatic carbocycles. The molecule has 0 bridgehead atoms. The molecule has 0 spiro atoms. The Hall–Kier alpha value is -2.34. The molecule has 2 atom stereocenters.